The molecule has 136 valence electrons. The number of nitrogens with one attached hydrogen (secondary N) is 1. The summed E-state index contributed by atoms with van der Waals surface area (Å²) < 4.78 is 32.5. The first kappa shape index (κ1) is 19.3. The van der Waals surface area contributed by atoms with Gasteiger partial charge in [0.05, 0.1) is 12.4 Å². The van der Waals surface area contributed by atoms with Crippen LogP contribution < -0.4 is 9.46 Å². The van der Waals surface area contributed by atoms with Gasteiger partial charge in [0.1, 0.15) is 5.75 Å². The van der Waals surface area contributed by atoms with E-state index in [9.17, 15) is 8.42 Å². The number of ether oxygens (including phenoxy) is 1. The Kier molecular flexibility index (Phi) is 6.32. The normalized spacial score (nSPS) is 22.3. The minimum absolute atomic E-state index is 0.00227. The van der Waals surface area contributed by atoms with Gasteiger partial charge in [0.2, 0.25) is 10.0 Å². The molecule has 2 unspecified atom stereocenters. The van der Waals surface area contributed by atoms with Crippen molar-refractivity contribution in [2.24, 2.45) is 5.92 Å². The molecular formula is C19H31NO3S. The molecule has 0 amide bonds. The summed E-state index contributed by atoms with van der Waals surface area (Å²) in [4.78, 5) is 0. The van der Waals surface area contributed by atoms with Crippen LogP contribution in [0, 0.1) is 5.92 Å². The molecule has 0 aromatic heterocycles. The van der Waals surface area contributed by atoms with Gasteiger partial charge >= 0.3 is 0 Å². The van der Waals surface area contributed by atoms with Gasteiger partial charge in [0, 0.05) is 12.0 Å². The molecule has 24 heavy (non-hydrogen) atoms. The summed E-state index contributed by atoms with van der Waals surface area (Å²) in [6.45, 7) is 8.80. The molecule has 1 aliphatic carbocycles. The number of sulfonamides is 1. The molecule has 1 aromatic rings. The van der Waals surface area contributed by atoms with E-state index in [1.807, 2.05) is 12.1 Å². The first-order valence-electron chi connectivity index (χ1n) is 8.94. The molecule has 0 aliphatic heterocycles. The fourth-order valence-corrected chi connectivity index (χ4v) is 4.07. The topological polar surface area (TPSA) is 55.4 Å². The molecule has 1 fully saturated rings. The first-order valence-corrected chi connectivity index (χ1v) is 10.6. The number of hydrogen-bond acceptors (Lipinski definition) is 3. The Morgan fingerprint density at radius 2 is 1.75 bits per heavy atom. The third kappa shape index (κ3) is 5.49. The van der Waals surface area contributed by atoms with Crippen LogP contribution in [-0.4, -0.2) is 26.8 Å². The summed E-state index contributed by atoms with van der Waals surface area (Å²) >= 11 is 0. The lowest BCUT2D eigenvalue weighted by Gasteiger charge is -2.31. The van der Waals surface area contributed by atoms with Crippen molar-refractivity contribution in [3.05, 3.63) is 29.8 Å². The monoisotopic (exact) mass is 353 g/mol. The fraction of sp³-hybridized carbons (Fsp3) is 0.684. The van der Waals surface area contributed by atoms with Crippen molar-refractivity contribution >= 4 is 10.0 Å². The van der Waals surface area contributed by atoms with Crippen molar-refractivity contribution in [2.45, 2.75) is 64.8 Å². The Morgan fingerprint density at radius 3 is 2.33 bits per heavy atom. The smallest absolute Gasteiger partial charge is 0.211 e. The van der Waals surface area contributed by atoms with Crippen LogP contribution in [0.2, 0.25) is 0 Å². The lowest BCUT2D eigenvalue weighted by molar-refractivity contribution is 0.180. The van der Waals surface area contributed by atoms with Gasteiger partial charge in [-0.2, -0.15) is 0 Å². The average molecular weight is 354 g/mol. The van der Waals surface area contributed by atoms with Gasteiger partial charge in [-0.05, 0) is 42.9 Å². The molecule has 0 bridgehead atoms. The van der Waals surface area contributed by atoms with Crippen molar-refractivity contribution in [1.82, 2.24) is 4.72 Å². The van der Waals surface area contributed by atoms with Crippen LogP contribution in [-0.2, 0) is 15.4 Å². The lowest BCUT2D eigenvalue weighted by Crippen LogP contribution is -2.44. The maximum atomic E-state index is 11.9. The van der Waals surface area contributed by atoms with E-state index in [1.165, 1.54) is 5.56 Å². The SMILES string of the molecule is CCS(=O)(=O)NC1CCCCC1COc1ccc(C(C)(C)C)cc1. The predicted molar refractivity (Wildman–Crippen MR) is 99.0 cm³/mol. The summed E-state index contributed by atoms with van der Waals surface area (Å²) in [7, 11) is -3.16. The quantitative estimate of drug-likeness (QED) is 0.845. The van der Waals surface area contributed by atoms with Gasteiger partial charge < -0.3 is 4.74 Å². The van der Waals surface area contributed by atoms with E-state index in [0.717, 1.165) is 31.4 Å². The lowest BCUT2D eigenvalue weighted by atomic mass is 9.85. The van der Waals surface area contributed by atoms with E-state index in [0.29, 0.717) is 6.61 Å². The Bertz CT molecular complexity index is 617. The first-order chi connectivity index (χ1) is 11.2. The molecule has 0 spiro atoms. The summed E-state index contributed by atoms with van der Waals surface area (Å²) in [5.41, 5.74) is 1.41. The van der Waals surface area contributed by atoms with Crippen molar-refractivity contribution in [3.8, 4) is 5.75 Å². The van der Waals surface area contributed by atoms with Crippen LogP contribution in [0.4, 0.5) is 0 Å². The molecule has 0 heterocycles. The van der Waals surface area contributed by atoms with Crippen molar-refractivity contribution in [3.63, 3.8) is 0 Å². The molecule has 2 rings (SSSR count). The molecule has 5 heteroatoms. The zero-order valence-corrected chi connectivity index (χ0v) is 16.2. The third-order valence-electron chi connectivity index (χ3n) is 4.80. The van der Waals surface area contributed by atoms with Crippen LogP contribution >= 0.6 is 0 Å². The van der Waals surface area contributed by atoms with Crippen LogP contribution in [0.25, 0.3) is 0 Å². The molecule has 4 nitrogen and oxygen atoms in total. The van der Waals surface area contributed by atoms with E-state index >= 15 is 0 Å². The molecule has 1 aliphatic rings. The molecular weight excluding hydrogens is 322 g/mol. The largest absolute Gasteiger partial charge is 0.493 e. The number of benzene rings is 1. The summed E-state index contributed by atoms with van der Waals surface area (Å²) in [6, 6.07) is 8.22. The minimum atomic E-state index is -3.16. The molecule has 1 saturated carbocycles. The van der Waals surface area contributed by atoms with Crippen LogP contribution in [0.15, 0.2) is 24.3 Å². The Hall–Kier alpha value is -1.07. The molecule has 0 saturated heterocycles. The average Bonchev–Trinajstić information content (AvgIpc) is 2.53. The second-order valence-electron chi connectivity index (χ2n) is 7.76. The Morgan fingerprint density at radius 1 is 1.12 bits per heavy atom. The van der Waals surface area contributed by atoms with E-state index in [-0.39, 0.29) is 23.1 Å². The standard InChI is InChI=1S/C19H31NO3S/c1-5-24(21,22)20-18-9-7-6-8-15(18)14-23-17-12-10-16(11-13-17)19(2,3)4/h10-13,15,18,20H,5-9,14H2,1-4H3. The van der Waals surface area contributed by atoms with E-state index < -0.39 is 10.0 Å². The number of rotatable bonds is 6. The van der Waals surface area contributed by atoms with Crippen LogP contribution in [0.1, 0.15) is 58.9 Å². The molecule has 0 radical (unpaired) electrons. The van der Waals surface area contributed by atoms with E-state index in [1.54, 1.807) is 6.92 Å². The molecule has 2 atom stereocenters. The van der Waals surface area contributed by atoms with Gasteiger partial charge in [-0.3, -0.25) is 0 Å². The van der Waals surface area contributed by atoms with Crippen LogP contribution in [0.3, 0.4) is 0 Å². The summed E-state index contributed by atoms with van der Waals surface area (Å²) in [5, 5.41) is 0. The highest BCUT2D eigenvalue weighted by atomic mass is 32.2. The van der Waals surface area contributed by atoms with Gasteiger partial charge in [0.25, 0.3) is 0 Å². The van der Waals surface area contributed by atoms with Gasteiger partial charge in [-0.1, -0.05) is 45.7 Å². The van der Waals surface area contributed by atoms with Gasteiger partial charge in [-0.25, -0.2) is 13.1 Å². The predicted octanol–water partition coefficient (Wildman–Crippen LogP) is 3.86. The van der Waals surface area contributed by atoms with Crippen molar-refractivity contribution < 1.29 is 13.2 Å². The zero-order chi connectivity index (χ0) is 17.8. The number of hydrogen-bond donors (Lipinski definition) is 1. The van der Waals surface area contributed by atoms with Crippen molar-refractivity contribution in [1.29, 1.82) is 0 Å². The fourth-order valence-electron chi connectivity index (χ4n) is 3.13. The van der Waals surface area contributed by atoms with E-state index in [2.05, 4.69) is 37.6 Å². The highest BCUT2D eigenvalue weighted by molar-refractivity contribution is 7.89. The highest BCUT2D eigenvalue weighted by Gasteiger charge is 2.28. The maximum Gasteiger partial charge on any atom is 0.211 e. The maximum absolute atomic E-state index is 11.9. The van der Waals surface area contributed by atoms with E-state index in [4.69, 9.17) is 4.74 Å². The second kappa shape index (κ2) is 7.87. The summed E-state index contributed by atoms with van der Waals surface area (Å²) in [6.07, 6.45) is 4.13. The van der Waals surface area contributed by atoms with Gasteiger partial charge in [-0.15, -0.1) is 0 Å². The Balaban J connectivity index is 1.96. The van der Waals surface area contributed by atoms with Crippen LogP contribution in [0.5, 0.6) is 5.75 Å². The highest BCUT2D eigenvalue weighted by Crippen LogP contribution is 2.27. The van der Waals surface area contributed by atoms with Crippen molar-refractivity contribution in [2.75, 3.05) is 12.4 Å². The second-order valence-corrected chi connectivity index (χ2v) is 9.80. The Labute approximate surface area is 147 Å². The van der Waals surface area contributed by atoms with Gasteiger partial charge in [0.15, 0.2) is 0 Å². The minimum Gasteiger partial charge on any atom is -0.493 e. The zero-order valence-electron chi connectivity index (χ0n) is 15.3. The molecule has 1 N–H and O–H groups in total. The molecule has 1 aromatic carbocycles. The third-order valence-corrected chi connectivity index (χ3v) is 6.23. The summed E-state index contributed by atoms with van der Waals surface area (Å²) in [5.74, 6) is 1.22.